The van der Waals surface area contributed by atoms with Crippen LogP contribution in [0.2, 0.25) is 0 Å². The predicted octanol–water partition coefficient (Wildman–Crippen LogP) is 1.89. The van der Waals surface area contributed by atoms with Crippen molar-refractivity contribution in [1.82, 2.24) is 0 Å². The zero-order valence-electron chi connectivity index (χ0n) is 9.10. The molecule has 0 amide bonds. The van der Waals surface area contributed by atoms with Crippen LogP contribution in [0.15, 0.2) is 18.2 Å². The molecule has 0 bridgehead atoms. The molecule has 0 fully saturated rings. The van der Waals surface area contributed by atoms with Crippen LogP contribution in [-0.4, -0.2) is 14.7 Å². The molecule has 1 aromatic rings. The van der Waals surface area contributed by atoms with Crippen molar-refractivity contribution >= 4 is 15.6 Å². The molecule has 0 radical (unpaired) electrons. The molecule has 1 aromatic carbocycles. The van der Waals surface area contributed by atoms with Crippen LogP contribution in [0, 0.1) is 13.8 Å². The van der Waals surface area contributed by atoms with E-state index < -0.39 is 15.6 Å². The summed E-state index contributed by atoms with van der Waals surface area (Å²) in [5.74, 6) is 0.0317. The predicted molar refractivity (Wildman–Crippen MR) is 59.5 cm³/mol. The Kier molecular flexibility index (Phi) is 4.15. The lowest BCUT2D eigenvalue weighted by molar-refractivity contribution is 0.229. The minimum absolute atomic E-state index is 0.0317. The van der Waals surface area contributed by atoms with Gasteiger partial charge in [0.05, 0.1) is 0 Å². The van der Waals surface area contributed by atoms with Gasteiger partial charge in [-0.3, -0.25) is 4.89 Å². The summed E-state index contributed by atoms with van der Waals surface area (Å²) in [5, 5.41) is 0. The number of phosphoric ester groups is 1. The lowest BCUT2D eigenvalue weighted by Gasteiger charge is -2.15. The largest absolute Gasteiger partial charge is 0.536 e. The molecule has 96 valence electrons. The van der Waals surface area contributed by atoms with E-state index in [1.54, 1.807) is 26.0 Å². The minimum Gasteiger partial charge on any atom is -0.404 e. The van der Waals surface area contributed by atoms with E-state index in [0.717, 1.165) is 5.56 Å². The molecule has 7 nitrogen and oxygen atoms in total. The van der Waals surface area contributed by atoms with Crippen LogP contribution >= 0.6 is 15.6 Å². The average Bonchev–Trinajstić information content (AvgIpc) is 2.08. The Morgan fingerprint density at radius 1 is 1.12 bits per heavy atom. The molecule has 1 atom stereocenters. The first-order valence-corrected chi connectivity index (χ1v) is 7.49. The van der Waals surface area contributed by atoms with Crippen LogP contribution in [0.3, 0.4) is 0 Å². The zero-order valence-corrected chi connectivity index (χ0v) is 10.9. The van der Waals surface area contributed by atoms with E-state index >= 15 is 0 Å². The molecule has 1 unspecified atom stereocenters. The number of benzene rings is 1. The minimum atomic E-state index is -5.09. The highest BCUT2D eigenvalue weighted by Crippen LogP contribution is 2.57. The van der Waals surface area contributed by atoms with Crippen molar-refractivity contribution in [2.45, 2.75) is 13.8 Å². The van der Waals surface area contributed by atoms with Gasteiger partial charge in [0.2, 0.25) is 0 Å². The number of aryl methyl sites for hydroxylation is 1. The molecule has 0 aliphatic carbocycles. The van der Waals surface area contributed by atoms with Gasteiger partial charge < -0.3 is 14.3 Å². The highest BCUT2D eigenvalue weighted by atomic mass is 31.3. The summed E-state index contributed by atoms with van der Waals surface area (Å²) in [5.41, 5.74) is 1.38. The van der Waals surface area contributed by atoms with Crippen LogP contribution < -0.4 is 4.52 Å². The first-order chi connectivity index (χ1) is 7.61. The topological polar surface area (TPSA) is 113 Å². The zero-order chi connectivity index (χ0) is 13.3. The maximum atomic E-state index is 11.3. The van der Waals surface area contributed by atoms with E-state index in [9.17, 15) is 9.13 Å². The molecule has 0 heterocycles. The lowest BCUT2D eigenvalue weighted by atomic mass is 10.1. The molecule has 0 spiro atoms. The van der Waals surface area contributed by atoms with Gasteiger partial charge in [-0.1, -0.05) is 12.1 Å². The van der Waals surface area contributed by atoms with Gasteiger partial charge in [0.1, 0.15) is 5.75 Å². The summed E-state index contributed by atoms with van der Waals surface area (Å²) in [6.07, 6.45) is 0. The summed E-state index contributed by atoms with van der Waals surface area (Å²) >= 11 is 0. The van der Waals surface area contributed by atoms with Gasteiger partial charge in [-0.05, 0) is 31.0 Å². The number of hydrogen-bond acceptors (Lipinski definition) is 4. The van der Waals surface area contributed by atoms with E-state index in [1.807, 2.05) is 0 Å². The summed E-state index contributed by atoms with van der Waals surface area (Å²) < 4.78 is 30.0. The molecular formula is C8H12O7P2. The van der Waals surface area contributed by atoms with E-state index in [4.69, 9.17) is 14.7 Å². The molecule has 3 N–H and O–H groups in total. The number of hydrogen-bond donors (Lipinski definition) is 3. The third-order valence-electron chi connectivity index (χ3n) is 1.98. The van der Waals surface area contributed by atoms with Crippen LogP contribution in [0.5, 0.6) is 5.75 Å². The first kappa shape index (κ1) is 14.4. The summed E-state index contributed by atoms with van der Waals surface area (Å²) in [6, 6.07) is 4.73. The molecular weight excluding hydrogens is 270 g/mol. The second-order valence-corrected chi connectivity index (χ2v) is 6.08. The fourth-order valence-electron chi connectivity index (χ4n) is 1.10. The normalized spacial score (nSPS) is 15.4. The van der Waals surface area contributed by atoms with Crippen LogP contribution in [0.1, 0.15) is 11.1 Å². The SMILES string of the molecule is Cc1cccc(OP(=O)(O)OP(=O)(O)O)c1C. The Hall–Kier alpha value is -0.680. The third-order valence-corrected chi connectivity index (χ3v) is 4.08. The van der Waals surface area contributed by atoms with Gasteiger partial charge in [-0.15, -0.1) is 0 Å². The maximum absolute atomic E-state index is 11.3. The van der Waals surface area contributed by atoms with Crippen molar-refractivity contribution in [2.24, 2.45) is 0 Å². The van der Waals surface area contributed by atoms with E-state index in [0.29, 0.717) is 5.56 Å². The molecule has 0 aromatic heterocycles. The molecule has 1 rings (SSSR count). The Bertz CT molecular complexity index is 507. The Morgan fingerprint density at radius 2 is 1.71 bits per heavy atom. The fourth-order valence-corrected chi connectivity index (χ4v) is 2.75. The molecule has 0 saturated carbocycles. The van der Waals surface area contributed by atoms with Crippen LogP contribution in [-0.2, 0) is 13.4 Å². The molecule has 9 heteroatoms. The van der Waals surface area contributed by atoms with Gasteiger partial charge in [-0.2, -0.15) is 4.31 Å². The second kappa shape index (κ2) is 4.90. The molecule has 0 aliphatic heterocycles. The van der Waals surface area contributed by atoms with Crippen molar-refractivity contribution in [3.8, 4) is 5.75 Å². The highest BCUT2D eigenvalue weighted by Gasteiger charge is 2.34. The van der Waals surface area contributed by atoms with Crippen molar-refractivity contribution in [3.05, 3.63) is 29.3 Å². The summed E-state index contributed by atoms with van der Waals surface area (Å²) in [6.45, 7) is 3.40. The van der Waals surface area contributed by atoms with Crippen LogP contribution in [0.4, 0.5) is 0 Å². The first-order valence-electron chi connectivity index (χ1n) is 4.46. The standard InChI is InChI=1S/C8H12O7P2/c1-6-4-3-5-8(7(6)2)14-17(12,13)15-16(9,10)11/h3-5H,1-2H3,(H,12,13)(H2,9,10,11). The van der Waals surface area contributed by atoms with E-state index in [-0.39, 0.29) is 5.75 Å². The monoisotopic (exact) mass is 282 g/mol. The van der Waals surface area contributed by atoms with Gasteiger partial charge >= 0.3 is 15.6 Å². The van der Waals surface area contributed by atoms with Gasteiger partial charge in [0.15, 0.2) is 0 Å². The second-order valence-electron chi connectivity index (χ2n) is 3.33. The highest BCUT2D eigenvalue weighted by molar-refractivity contribution is 7.60. The smallest absolute Gasteiger partial charge is 0.404 e. The van der Waals surface area contributed by atoms with E-state index in [2.05, 4.69) is 8.83 Å². The van der Waals surface area contributed by atoms with Crippen LogP contribution in [0.25, 0.3) is 0 Å². The Morgan fingerprint density at radius 3 is 2.24 bits per heavy atom. The Labute approximate surface area is 97.9 Å². The third kappa shape index (κ3) is 4.60. The van der Waals surface area contributed by atoms with Gasteiger partial charge in [-0.25, -0.2) is 9.13 Å². The fraction of sp³-hybridized carbons (Fsp3) is 0.250. The van der Waals surface area contributed by atoms with Crippen molar-refractivity contribution in [2.75, 3.05) is 0 Å². The molecule has 17 heavy (non-hydrogen) atoms. The average molecular weight is 282 g/mol. The number of phosphoric acid groups is 2. The lowest BCUT2D eigenvalue weighted by Crippen LogP contribution is -1.98. The summed E-state index contributed by atoms with van der Waals surface area (Å²) in [4.78, 5) is 26.0. The van der Waals surface area contributed by atoms with Crippen molar-refractivity contribution in [3.63, 3.8) is 0 Å². The van der Waals surface area contributed by atoms with Crippen molar-refractivity contribution in [1.29, 1.82) is 0 Å². The van der Waals surface area contributed by atoms with Crippen molar-refractivity contribution < 1.29 is 32.6 Å². The molecule has 0 saturated heterocycles. The van der Waals surface area contributed by atoms with Gasteiger partial charge in [0.25, 0.3) is 0 Å². The number of rotatable bonds is 4. The molecule has 0 aliphatic rings. The quantitative estimate of drug-likeness (QED) is 0.722. The van der Waals surface area contributed by atoms with E-state index in [1.165, 1.54) is 6.07 Å². The Balaban J connectivity index is 2.95. The van der Waals surface area contributed by atoms with Gasteiger partial charge in [0, 0.05) is 0 Å². The maximum Gasteiger partial charge on any atom is 0.536 e. The summed E-state index contributed by atoms with van der Waals surface area (Å²) in [7, 11) is -9.94.